The Kier molecular flexibility index (Phi) is 13.0. The van der Waals surface area contributed by atoms with E-state index in [1.54, 1.807) is 18.1 Å². The molecular formula is C36H48Cl2SiZr. The van der Waals surface area contributed by atoms with Crippen molar-refractivity contribution in [3.8, 4) is 0 Å². The molecule has 4 heteroatoms. The van der Waals surface area contributed by atoms with Crippen molar-refractivity contribution in [2.75, 3.05) is 0 Å². The van der Waals surface area contributed by atoms with Gasteiger partial charge in [0.15, 0.2) is 0 Å². The minimum atomic E-state index is -1.53. The van der Waals surface area contributed by atoms with Crippen LogP contribution >= 0.6 is 17.0 Å². The predicted molar refractivity (Wildman–Crippen MR) is 180 cm³/mol. The van der Waals surface area contributed by atoms with Gasteiger partial charge in [0.1, 0.15) is 0 Å². The maximum atomic E-state index is 4.93. The van der Waals surface area contributed by atoms with Crippen LogP contribution in [-0.2, 0) is 20.8 Å². The molecule has 0 aliphatic heterocycles. The zero-order valence-electron chi connectivity index (χ0n) is 24.9. The molecule has 0 aromatic heterocycles. The molecule has 0 amide bonds. The van der Waals surface area contributed by atoms with Gasteiger partial charge in [0.05, 0.1) is 8.07 Å². The van der Waals surface area contributed by atoms with Gasteiger partial charge < -0.3 is 14.4 Å². The van der Waals surface area contributed by atoms with E-state index in [2.05, 4.69) is 124 Å². The molecule has 4 aliphatic carbocycles. The molecular weight excluding hydrogens is 623 g/mol. The molecule has 0 heterocycles. The summed E-state index contributed by atoms with van der Waals surface area (Å²) in [4.78, 5) is 0. The summed E-state index contributed by atoms with van der Waals surface area (Å²) in [6.45, 7) is 13.1. The van der Waals surface area contributed by atoms with Crippen LogP contribution in [0.3, 0.4) is 0 Å². The molecule has 0 nitrogen and oxygen atoms in total. The van der Waals surface area contributed by atoms with Crippen molar-refractivity contribution in [3.63, 3.8) is 0 Å². The van der Waals surface area contributed by atoms with E-state index in [9.17, 15) is 0 Å². The Balaban J connectivity index is 0.000000791. The topological polar surface area (TPSA) is 0 Å². The fourth-order valence-corrected chi connectivity index (χ4v) is 14.3. The van der Waals surface area contributed by atoms with E-state index in [1.165, 1.54) is 30.4 Å². The molecule has 2 fully saturated rings. The summed E-state index contributed by atoms with van der Waals surface area (Å²) >= 11 is -0.826. The number of hydrogen-bond donors (Lipinski definition) is 0. The van der Waals surface area contributed by atoms with Gasteiger partial charge in [-0.05, 0) is 75.8 Å². The van der Waals surface area contributed by atoms with Gasteiger partial charge in [-0.25, -0.2) is 0 Å². The Hall–Kier alpha value is -0.920. The van der Waals surface area contributed by atoms with Crippen molar-refractivity contribution >= 4 is 36.2 Å². The average molecular weight is 672 g/mol. The second kappa shape index (κ2) is 15.5. The molecule has 4 aliphatic rings. The third kappa shape index (κ3) is 6.83. The van der Waals surface area contributed by atoms with Crippen LogP contribution in [0.2, 0.25) is 24.2 Å². The minimum absolute atomic E-state index is 0. The van der Waals surface area contributed by atoms with Gasteiger partial charge in [0.25, 0.3) is 0 Å². The van der Waals surface area contributed by atoms with Crippen LogP contribution in [0.4, 0.5) is 0 Å². The number of rotatable bonds is 4. The van der Waals surface area contributed by atoms with Gasteiger partial charge in [0, 0.05) is 1.43 Å². The fourth-order valence-electron chi connectivity index (χ4n) is 8.63. The Morgan fingerprint density at radius 3 is 1.77 bits per heavy atom. The first kappa shape index (κ1) is 33.6. The van der Waals surface area contributed by atoms with Crippen molar-refractivity contribution in [1.29, 1.82) is 0 Å². The zero-order chi connectivity index (χ0) is 28.0. The summed E-state index contributed by atoms with van der Waals surface area (Å²) < 4.78 is 0. The van der Waals surface area contributed by atoms with E-state index in [1.807, 2.05) is 0 Å². The van der Waals surface area contributed by atoms with Gasteiger partial charge in [0.2, 0.25) is 0 Å². The number of fused-ring (bicyclic) bond motifs is 2. The van der Waals surface area contributed by atoms with Gasteiger partial charge in [-0.15, -0.1) is 0 Å². The van der Waals surface area contributed by atoms with Gasteiger partial charge in [-0.3, -0.25) is 0 Å². The molecule has 0 saturated heterocycles. The quantitative estimate of drug-likeness (QED) is 0.224. The molecule has 0 bridgehead atoms. The van der Waals surface area contributed by atoms with Crippen LogP contribution in [-0.4, -0.2) is 8.07 Å². The number of allylic oxidation sites excluding steroid dienone is 8. The molecule has 7 unspecified atom stereocenters. The first-order chi connectivity index (χ1) is 19.0. The number of benzene rings is 2. The summed E-state index contributed by atoms with van der Waals surface area (Å²) in [7, 11) is 8.33. The first-order valence-corrected chi connectivity index (χ1v) is 24.0. The van der Waals surface area contributed by atoms with E-state index in [-0.39, 0.29) is 8.85 Å². The van der Waals surface area contributed by atoms with Crippen molar-refractivity contribution in [3.05, 3.63) is 123 Å². The van der Waals surface area contributed by atoms with Crippen LogP contribution in [0.15, 0.2) is 97.1 Å². The summed E-state index contributed by atoms with van der Waals surface area (Å²) in [5.41, 5.74) is 7.79. The monoisotopic (exact) mass is 669 g/mol. The SMILES string of the molecule is CC1CC2C(c3ccccc3)=CC=CC2C1[Si](C)(C)C1CCC2C(c3ccccc3)=CC=CC21.[2HH].[CH2-]C.[CH3-].[Cl][Zr+2][Cl]. The third-order valence-corrected chi connectivity index (χ3v) is 15.1. The van der Waals surface area contributed by atoms with Gasteiger partial charge >= 0.3 is 37.9 Å². The average Bonchev–Trinajstić information content (AvgIpc) is 3.57. The molecule has 6 rings (SSSR count). The predicted octanol–water partition coefficient (Wildman–Crippen LogP) is 12.0. The second-order valence-electron chi connectivity index (χ2n) is 11.9. The van der Waals surface area contributed by atoms with Crippen LogP contribution < -0.4 is 0 Å². The van der Waals surface area contributed by atoms with Crippen LogP contribution in [0, 0.1) is 43.9 Å². The van der Waals surface area contributed by atoms with Crippen molar-refractivity contribution < 1.29 is 22.3 Å². The Morgan fingerprint density at radius 1 is 0.775 bits per heavy atom. The maximum absolute atomic E-state index is 4.93. The Morgan fingerprint density at radius 2 is 1.25 bits per heavy atom. The van der Waals surface area contributed by atoms with Gasteiger partial charge in [-0.1, -0.05) is 124 Å². The van der Waals surface area contributed by atoms with Crippen LogP contribution in [0.5, 0.6) is 0 Å². The molecule has 0 N–H and O–H groups in total. The summed E-state index contributed by atoms with van der Waals surface area (Å²) in [5, 5.41) is 0. The van der Waals surface area contributed by atoms with E-state index in [0.717, 1.165) is 22.9 Å². The molecule has 40 heavy (non-hydrogen) atoms. The van der Waals surface area contributed by atoms with Crippen LogP contribution in [0.25, 0.3) is 11.1 Å². The summed E-state index contributed by atoms with van der Waals surface area (Å²) in [5.74, 6) is 3.65. The van der Waals surface area contributed by atoms with E-state index in [0.29, 0.717) is 17.8 Å². The zero-order valence-corrected chi connectivity index (χ0v) is 29.8. The van der Waals surface area contributed by atoms with E-state index in [4.69, 9.17) is 17.0 Å². The Bertz CT molecular complexity index is 1190. The number of hydrogen-bond acceptors (Lipinski definition) is 0. The Labute approximate surface area is 266 Å². The van der Waals surface area contributed by atoms with E-state index >= 15 is 0 Å². The first-order valence-electron chi connectivity index (χ1n) is 14.5. The molecule has 0 radical (unpaired) electrons. The van der Waals surface area contributed by atoms with Crippen molar-refractivity contribution in [2.24, 2.45) is 29.6 Å². The molecule has 0 spiro atoms. The molecule has 7 atom stereocenters. The molecule has 2 aromatic rings. The van der Waals surface area contributed by atoms with Gasteiger partial charge in [-0.2, -0.15) is 6.92 Å². The van der Waals surface area contributed by atoms with Crippen molar-refractivity contribution in [1.82, 2.24) is 0 Å². The second-order valence-corrected chi connectivity index (χ2v) is 20.7. The number of halogens is 2. The standard InChI is InChI=1S/C33H38Si.C2H5.CH3.2ClH.Zr.H2/c1-23-22-31-27(25-14-8-5-9-15-25)17-11-19-30(31)33(23)34(2,3)32-21-20-28-26(16-10-18-29(28)32)24-12-6-4-7-13-24;1-2;;;;;/h4-19,23,28-33H,20-22H2,1-3H3;1H2,2H3;1H3;2*1H;;1H/q;2*-1;;;+4;/p-2/i;;;;;;1+1. The third-order valence-electron chi connectivity index (χ3n) is 9.88. The summed E-state index contributed by atoms with van der Waals surface area (Å²) in [6.07, 6.45) is 18.9. The molecule has 2 aromatic carbocycles. The summed E-state index contributed by atoms with van der Waals surface area (Å²) in [6, 6.07) is 22.3. The van der Waals surface area contributed by atoms with E-state index < -0.39 is 28.9 Å². The fraction of sp³-hybridized carbons (Fsp3) is 0.389. The van der Waals surface area contributed by atoms with Crippen molar-refractivity contribution in [2.45, 2.75) is 57.3 Å². The normalized spacial score (nSPS) is 29.6. The molecule has 2 saturated carbocycles. The van der Waals surface area contributed by atoms with Crippen LogP contribution in [0.1, 0.15) is 45.7 Å². The molecule has 214 valence electrons.